The molecule has 4 heteroatoms. The summed E-state index contributed by atoms with van der Waals surface area (Å²) in [5.41, 5.74) is 1.12. The maximum Gasteiger partial charge on any atom is 0.136 e. The van der Waals surface area contributed by atoms with Gasteiger partial charge >= 0.3 is 0 Å². The number of ether oxygens (including phenoxy) is 2. The molecular weight excluding hydrogens is 312 g/mol. The number of rotatable bonds is 3. The Morgan fingerprint density at radius 1 is 1.50 bits per heavy atom. The minimum absolute atomic E-state index is 0.296. The van der Waals surface area contributed by atoms with E-state index < -0.39 is 0 Å². The van der Waals surface area contributed by atoms with Crippen LogP contribution >= 0.6 is 31.9 Å². The molecule has 1 aromatic carbocycles. The molecule has 1 aliphatic rings. The molecule has 0 aromatic heterocycles. The summed E-state index contributed by atoms with van der Waals surface area (Å²) in [4.78, 5) is 0. The number of epoxide rings is 1. The molecule has 1 aromatic rings. The fraction of sp³-hybridized carbons (Fsp3) is 0.400. The van der Waals surface area contributed by atoms with E-state index in [-0.39, 0.29) is 0 Å². The number of benzene rings is 1. The van der Waals surface area contributed by atoms with Crippen molar-refractivity contribution in [3.8, 4) is 5.75 Å². The smallest absolute Gasteiger partial charge is 0.136 e. The zero-order valence-corrected chi connectivity index (χ0v) is 10.9. The molecule has 2 nitrogen and oxygen atoms in total. The highest BCUT2D eigenvalue weighted by Crippen LogP contribution is 2.32. The first-order valence-electron chi connectivity index (χ1n) is 4.37. The summed E-state index contributed by atoms with van der Waals surface area (Å²) < 4.78 is 12.8. The summed E-state index contributed by atoms with van der Waals surface area (Å²) in [6.45, 7) is 3.49. The van der Waals surface area contributed by atoms with Crippen LogP contribution < -0.4 is 4.74 Å². The van der Waals surface area contributed by atoms with Crippen LogP contribution in [0.2, 0.25) is 0 Å². The van der Waals surface area contributed by atoms with Gasteiger partial charge in [0.15, 0.2) is 0 Å². The highest BCUT2D eigenvalue weighted by Gasteiger charge is 2.23. The fourth-order valence-electron chi connectivity index (χ4n) is 1.21. The van der Waals surface area contributed by atoms with Crippen LogP contribution in [0.1, 0.15) is 5.56 Å². The molecule has 2 rings (SSSR count). The van der Waals surface area contributed by atoms with Crippen LogP contribution in [0, 0.1) is 6.92 Å². The molecule has 1 fully saturated rings. The Balaban J connectivity index is 2.13. The lowest BCUT2D eigenvalue weighted by atomic mass is 10.2. The van der Waals surface area contributed by atoms with Gasteiger partial charge in [0, 0.05) is 4.47 Å². The molecule has 0 bridgehead atoms. The van der Waals surface area contributed by atoms with Gasteiger partial charge < -0.3 is 9.47 Å². The van der Waals surface area contributed by atoms with Gasteiger partial charge in [-0.25, -0.2) is 0 Å². The first-order chi connectivity index (χ1) is 6.66. The Hall–Kier alpha value is -0.0600. The van der Waals surface area contributed by atoms with Crippen molar-refractivity contribution in [2.24, 2.45) is 0 Å². The Morgan fingerprint density at radius 3 is 2.79 bits per heavy atom. The van der Waals surface area contributed by atoms with E-state index in [1.807, 2.05) is 19.1 Å². The first-order valence-corrected chi connectivity index (χ1v) is 5.95. The van der Waals surface area contributed by atoms with Gasteiger partial charge in [0.25, 0.3) is 0 Å². The van der Waals surface area contributed by atoms with Crippen LogP contribution in [0.5, 0.6) is 5.75 Å². The van der Waals surface area contributed by atoms with Crippen LogP contribution in [0.25, 0.3) is 0 Å². The number of aryl methyl sites for hydroxylation is 1. The van der Waals surface area contributed by atoms with Gasteiger partial charge in [-0.2, -0.15) is 0 Å². The van der Waals surface area contributed by atoms with Crippen molar-refractivity contribution in [1.29, 1.82) is 0 Å². The van der Waals surface area contributed by atoms with Crippen LogP contribution in [0.3, 0.4) is 0 Å². The third-order valence-electron chi connectivity index (χ3n) is 2.01. The topological polar surface area (TPSA) is 21.8 Å². The lowest BCUT2D eigenvalue weighted by Gasteiger charge is -2.10. The lowest BCUT2D eigenvalue weighted by Crippen LogP contribution is -2.05. The van der Waals surface area contributed by atoms with Crippen molar-refractivity contribution < 1.29 is 9.47 Å². The first kappa shape index (κ1) is 10.5. The van der Waals surface area contributed by atoms with Gasteiger partial charge in [0.05, 0.1) is 11.1 Å². The van der Waals surface area contributed by atoms with Gasteiger partial charge in [-0.15, -0.1) is 0 Å². The monoisotopic (exact) mass is 320 g/mol. The molecule has 1 saturated heterocycles. The zero-order valence-electron chi connectivity index (χ0n) is 7.72. The van der Waals surface area contributed by atoms with Gasteiger partial charge in [0.2, 0.25) is 0 Å². The fourth-order valence-corrected chi connectivity index (χ4v) is 2.77. The Labute approximate surface area is 99.8 Å². The van der Waals surface area contributed by atoms with Crippen molar-refractivity contribution in [3.05, 3.63) is 26.6 Å². The minimum atomic E-state index is 0.296. The van der Waals surface area contributed by atoms with E-state index in [4.69, 9.17) is 9.47 Å². The molecule has 1 aliphatic heterocycles. The number of hydrogen-bond donors (Lipinski definition) is 0. The molecule has 0 N–H and O–H groups in total. The Morgan fingerprint density at radius 2 is 2.21 bits per heavy atom. The Bertz CT molecular complexity index is 325. The van der Waals surface area contributed by atoms with E-state index >= 15 is 0 Å². The zero-order chi connectivity index (χ0) is 10.1. The quantitative estimate of drug-likeness (QED) is 0.797. The highest BCUT2D eigenvalue weighted by atomic mass is 79.9. The molecular formula is C10H10Br2O2. The van der Waals surface area contributed by atoms with Gasteiger partial charge in [0.1, 0.15) is 18.5 Å². The van der Waals surface area contributed by atoms with E-state index in [0.29, 0.717) is 12.7 Å². The third kappa shape index (κ3) is 2.49. The lowest BCUT2D eigenvalue weighted by molar-refractivity contribution is 0.260. The van der Waals surface area contributed by atoms with Gasteiger partial charge in [-0.1, -0.05) is 15.9 Å². The van der Waals surface area contributed by atoms with E-state index in [2.05, 4.69) is 31.9 Å². The van der Waals surface area contributed by atoms with Crippen LogP contribution in [-0.2, 0) is 4.74 Å². The van der Waals surface area contributed by atoms with Crippen molar-refractivity contribution >= 4 is 31.9 Å². The summed E-state index contributed by atoms with van der Waals surface area (Å²) >= 11 is 6.90. The van der Waals surface area contributed by atoms with E-state index in [1.165, 1.54) is 0 Å². The molecule has 0 saturated carbocycles. The SMILES string of the molecule is Cc1cc(Br)cc(Br)c1OC[C@@H]1CO1. The van der Waals surface area contributed by atoms with E-state index in [0.717, 1.165) is 26.9 Å². The standard InChI is InChI=1S/C10H10Br2O2/c1-6-2-7(11)3-9(12)10(6)14-5-8-4-13-8/h2-3,8H,4-5H2,1H3/t8-/m0/s1. The largest absolute Gasteiger partial charge is 0.489 e. The number of halogens is 2. The Kier molecular flexibility index (Phi) is 3.14. The molecule has 0 unspecified atom stereocenters. The van der Waals surface area contributed by atoms with Gasteiger partial charge in [-0.3, -0.25) is 0 Å². The summed E-state index contributed by atoms with van der Waals surface area (Å²) in [5, 5.41) is 0. The molecule has 14 heavy (non-hydrogen) atoms. The summed E-state index contributed by atoms with van der Waals surface area (Å²) in [7, 11) is 0. The van der Waals surface area contributed by atoms with Crippen molar-refractivity contribution in [2.75, 3.05) is 13.2 Å². The van der Waals surface area contributed by atoms with Crippen LogP contribution in [0.15, 0.2) is 21.1 Å². The summed E-state index contributed by atoms with van der Waals surface area (Å²) in [6, 6.07) is 4.02. The van der Waals surface area contributed by atoms with Crippen LogP contribution in [-0.4, -0.2) is 19.3 Å². The van der Waals surface area contributed by atoms with Crippen molar-refractivity contribution in [2.45, 2.75) is 13.0 Å². The maximum atomic E-state index is 5.65. The molecule has 1 heterocycles. The maximum absolute atomic E-state index is 5.65. The molecule has 0 amide bonds. The van der Waals surface area contributed by atoms with Gasteiger partial charge in [-0.05, 0) is 40.5 Å². The predicted octanol–water partition coefficient (Wildman–Crippen LogP) is 3.30. The van der Waals surface area contributed by atoms with Crippen LogP contribution in [0.4, 0.5) is 0 Å². The molecule has 0 radical (unpaired) electrons. The van der Waals surface area contributed by atoms with E-state index in [9.17, 15) is 0 Å². The molecule has 1 atom stereocenters. The normalized spacial score (nSPS) is 19.5. The molecule has 0 spiro atoms. The predicted molar refractivity (Wildman–Crippen MR) is 61.8 cm³/mol. The second-order valence-corrected chi connectivity index (χ2v) is 5.07. The average Bonchev–Trinajstić information content (AvgIpc) is 2.85. The second-order valence-electron chi connectivity index (χ2n) is 3.30. The average molecular weight is 322 g/mol. The van der Waals surface area contributed by atoms with Crippen molar-refractivity contribution in [3.63, 3.8) is 0 Å². The van der Waals surface area contributed by atoms with Crippen molar-refractivity contribution in [1.82, 2.24) is 0 Å². The minimum Gasteiger partial charge on any atom is -0.489 e. The molecule has 0 aliphatic carbocycles. The highest BCUT2D eigenvalue weighted by molar-refractivity contribution is 9.11. The van der Waals surface area contributed by atoms with E-state index in [1.54, 1.807) is 0 Å². The summed E-state index contributed by atoms with van der Waals surface area (Å²) in [6.07, 6.45) is 0.296. The third-order valence-corrected chi connectivity index (χ3v) is 3.06. The second kappa shape index (κ2) is 4.21. The summed E-state index contributed by atoms with van der Waals surface area (Å²) in [5.74, 6) is 0.906. The number of hydrogen-bond acceptors (Lipinski definition) is 2. The molecule has 76 valence electrons.